The molecule has 2 aromatic rings. The van der Waals surface area contributed by atoms with E-state index >= 15 is 0 Å². The highest BCUT2D eigenvalue weighted by Crippen LogP contribution is 2.35. The molecule has 4 rings (SSSR count). The number of rotatable bonds is 6. The Morgan fingerprint density at radius 1 is 1.28 bits per heavy atom. The number of ether oxygens (including phenoxy) is 2. The maximum absolute atomic E-state index is 6.13. The van der Waals surface area contributed by atoms with Crippen molar-refractivity contribution in [2.45, 2.75) is 45.1 Å². The van der Waals surface area contributed by atoms with Gasteiger partial charge in [0.1, 0.15) is 11.5 Å². The molecule has 1 saturated heterocycles. The van der Waals surface area contributed by atoms with Gasteiger partial charge >= 0.3 is 0 Å². The second-order valence-corrected chi connectivity index (χ2v) is 7.10. The molecule has 0 bridgehead atoms. The molecule has 0 amide bonds. The van der Waals surface area contributed by atoms with E-state index in [9.17, 15) is 0 Å². The van der Waals surface area contributed by atoms with Crippen molar-refractivity contribution in [1.82, 2.24) is 9.88 Å². The minimum absolute atomic E-state index is 0.277. The minimum Gasteiger partial charge on any atom is -0.465 e. The molecule has 3 heterocycles. The molecule has 1 saturated carbocycles. The molecule has 134 valence electrons. The average Bonchev–Trinajstić information content (AvgIpc) is 3.23. The molecule has 5 nitrogen and oxygen atoms in total. The lowest BCUT2D eigenvalue weighted by molar-refractivity contribution is -0.0904. The van der Waals surface area contributed by atoms with Crippen LogP contribution < -0.4 is 0 Å². The predicted octanol–water partition coefficient (Wildman–Crippen LogP) is 3.18. The monoisotopic (exact) mass is 342 g/mol. The molecule has 5 heteroatoms. The fraction of sp³-hybridized carbons (Fsp3) is 0.550. The third kappa shape index (κ3) is 3.94. The van der Waals surface area contributed by atoms with E-state index < -0.39 is 0 Å². The standard InChI is InChI=1S/C20H26N2O3/c1-15-4-6-18(25-15)12-22-9-10-24-20-17(5-7-19(20)22)14-23-13-16-3-2-8-21-11-16/h2-4,6,8,11,17,19-20H,5,7,9-10,12-14H2,1H3/t17-,19+,20+/m0/s1. The van der Waals surface area contributed by atoms with E-state index in [1.165, 1.54) is 6.42 Å². The third-order valence-electron chi connectivity index (χ3n) is 5.31. The first-order chi connectivity index (χ1) is 12.3. The topological polar surface area (TPSA) is 47.7 Å². The lowest BCUT2D eigenvalue weighted by atomic mass is 10.0. The van der Waals surface area contributed by atoms with Crippen molar-refractivity contribution in [3.05, 3.63) is 53.7 Å². The molecule has 25 heavy (non-hydrogen) atoms. The summed E-state index contributed by atoms with van der Waals surface area (Å²) in [6.45, 7) is 6.02. The molecule has 2 aliphatic rings. The second kappa shape index (κ2) is 7.68. The number of aryl methyl sites for hydroxylation is 1. The predicted molar refractivity (Wildman–Crippen MR) is 94.0 cm³/mol. The molecule has 0 aromatic carbocycles. The van der Waals surface area contributed by atoms with Crippen molar-refractivity contribution in [3.63, 3.8) is 0 Å². The first kappa shape index (κ1) is 16.8. The average molecular weight is 342 g/mol. The lowest BCUT2D eigenvalue weighted by Crippen LogP contribution is -2.50. The summed E-state index contributed by atoms with van der Waals surface area (Å²) < 4.78 is 17.8. The first-order valence-corrected chi connectivity index (χ1v) is 9.17. The lowest BCUT2D eigenvalue weighted by Gasteiger charge is -2.38. The highest BCUT2D eigenvalue weighted by molar-refractivity contribution is 5.08. The molecule has 0 radical (unpaired) electrons. The summed E-state index contributed by atoms with van der Waals surface area (Å²) in [6, 6.07) is 8.60. The highest BCUT2D eigenvalue weighted by atomic mass is 16.5. The van der Waals surface area contributed by atoms with Gasteiger partial charge in [-0.1, -0.05) is 6.07 Å². The summed E-state index contributed by atoms with van der Waals surface area (Å²) in [5, 5.41) is 0. The number of pyridine rings is 1. The number of fused-ring (bicyclic) bond motifs is 1. The molecule has 3 atom stereocenters. The second-order valence-electron chi connectivity index (χ2n) is 7.10. The summed E-state index contributed by atoms with van der Waals surface area (Å²) >= 11 is 0. The van der Waals surface area contributed by atoms with Gasteiger partial charge in [-0.25, -0.2) is 0 Å². The van der Waals surface area contributed by atoms with Gasteiger partial charge in [0.05, 0.1) is 32.5 Å². The number of furan rings is 1. The zero-order valence-electron chi connectivity index (χ0n) is 14.8. The minimum atomic E-state index is 0.277. The van der Waals surface area contributed by atoms with Gasteiger partial charge < -0.3 is 13.9 Å². The number of morpholine rings is 1. The van der Waals surface area contributed by atoms with Gasteiger partial charge in [0, 0.05) is 30.9 Å². The van der Waals surface area contributed by atoms with Crippen LogP contribution >= 0.6 is 0 Å². The van der Waals surface area contributed by atoms with E-state index in [2.05, 4.69) is 22.0 Å². The Labute approximate surface area is 148 Å². The van der Waals surface area contributed by atoms with Crippen LogP contribution in [0, 0.1) is 12.8 Å². The van der Waals surface area contributed by atoms with Gasteiger partial charge in [-0.2, -0.15) is 0 Å². The van der Waals surface area contributed by atoms with Crippen molar-refractivity contribution < 1.29 is 13.9 Å². The molecule has 2 fully saturated rings. The van der Waals surface area contributed by atoms with Gasteiger partial charge in [0.25, 0.3) is 0 Å². The number of aromatic nitrogens is 1. The van der Waals surface area contributed by atoms with Crippen molar-refractivity contribution in [1.29, 1.82) is 0 Å². The van der Waals surface area contributed by atoms with E-state index in [0.717, 1.165) is 49.8 Å². The van der Waals surface area contributed by atoms with E-state index in [4.69, 9.17) is 13.9 Å². The summed E-state index contributed by atoms with van der Waals surface area (Å²) in [4.78, 5) is 6.65. The summed E-state index contributed by atoms with van der Waals surface area (Å²) in [5.41, 5.74) is 1.12. The van der Waals surface area contributed by atoms with Gasteiger partial charge in [-0.15, -0.1) is 0 Å². The maximum atomic E-state index is 6.13. The van der Waals surface area contributed by atoms with Gasteiger partial charge in [-0.3, -0.25) is 9.88 Å². The number of hydrogen-bond acceptors (Lipinski definition) is 5. The maximum Gasteiger partial charge on any atom is 0.118 e. The van der Waals surface area contributed by atoms with Crippen LogP contribution in [-0.4, -0.2) is 41.8 Å². The van der Waals surface area contributed by atoms with Gasteiger partial charge in [0.15, 0.2) is 0 Å². The molecule has 2 aromatic heterocycles. The van der Waals surface area contributed by atoms with E-state index in [1.54, 1.807) is 6.20 Å². The van der Waals surface area contributed by atoms with Crippen molar-refractivity contribution in [3.8, 4) is 0 Å². The first-order valence-electron chi connectivity index (χ1n) is 9.17. The zero-order valence-corrected chi connectivity index (χ0v) is 14.8. The van der Waals surface area contributed by atoms with Crippen LogP contribution in [0.25, 0.3) is 0 Å². The Morgan fingerprint density at radius 3 is 3.04 bits per heavy atom. The Morgan fingerprint density at radius 2 is 2.24 bits per heavy atom. The molecule has 0 unspecified atom stereocenters. The highest BCUT2D eigenvalue weighted by Gasteiger charge is 2.42. The largest absolute Gasteiger partial charge is 0.465 e. The fourth-order valence-corrected chi connectivity index (χ4v) is 4.09. The van der Waals surface area contributed by atoms with E-state index in [1.807, 2.05) is 25.3 Å². The summed E-state index contributed by atoms with van der Waals surface area (Å²) in [5.74, 6) is 2.50. The van der Waals surface area contributed by atoms with Crippen molar-refractivity contribution >= 4 is 0 Å². The molecule has 0 N–H and O–H groups in total. The fourth-order valence-electron chi connectivity index (χ4n) is 4.09. The van der Waals surface area contributed by atoms with Crippen molar-refractivity contribution in [2.75, 3.05) is 19.8 Å². The van der Waals surface area contributed by atoms with Crippen LogP contribution in [0.2, 0.25) is 0 Å². The molecule has 1 aliphatic carbocycles. The van der Waals surface area contributed by atoms with Crippen LogP contribution in [-0.2, 0) is 22.6 Å². The number of hydrogen-bond donors (Lipinski definition) is 0. The van der Waals surface area contributed by atoms with Crippen LogP contribution in [0.1, 0.15) is 29.9 Å². The molecule has 1 aliphatic heterocycles. The Kier molecular flexibility index (Phi) is 5.15. The SMILES string of the molecule is Cc1ccc(CN2CCO[C@@H]3[C@H](COCc4cccnc4)CC[C@H]32)o1. The third-order valence-corrected chi connectivity index (χ3v) is 5.31. The Bertz CT molecular complexity index is 673. The summed E-state index contributed by atoms with van der Waals surface area (Å²) in [6.07, 6.45) is 6.26. The van der Waals surface area contributed by atoms with Crippen molar-refractivity contribution in [2.24, 2.45) is 5.92 Å². The van der Waals surface area contributed by atoms with E-state index in [0.29, 0.717) is 18.6 Å². The van der Waals surface area contributed by atoms with Crippen LogP contribution in [0.3, 0.4) is 0 Å². The quantitative estimate of drug-likeness (QED) is 0.807. The normalized spacial score (nSPS) is 26.7. The number of nitrogens with zero attached hydrogens (tertiary/aromatic N) is 2. The van der Waals surface area contributed by atoms with Crippen LogP contribution in [0.4, 0.5) is 0 Å². The molecule has 0 spiro atoms. The van der Waals surface area contributed by atoms with E-state index in [-0.39, 0.29) is 6.10 Å². The van der Waals surface area contributed by atoms with Crippen LogP contribution in [0.15, 0.2) is 41.1 Å². The Balaban J connectivity index is 1.31. The molecular weight excluding hydrogens is 316 g/mol. The summed E-state index contributed by atoms with van der Waals surface area (Å²) in [7, 11) is 0. The molecular formula is C20H26N2O3. The zero-order chi connectivity index (χ0) is 17.1. The van der Waals surface area contributed by atoms with Crippen LogP contribution in [0.5, 0.6) is 0 Å². The van der Waals surface area contributed by atoms with Gasteiger partial charge in [-0.05, 0) is 43.5 Å². The Hall–Kier alpha value is -1.69. The van der Waals surface area contributed by atoms with Gasteiger partial charge in [0.2, 0.25) is 0 Å². The smallest absolute Gasteiger partial charge is 0.118 e.